The summed E-state index contributed by atoms with van der Waals surface area (Å²) in [5.74, 6) is 0. The topological polar surface area (TPSA) is 81.2 Å². The van der Waals surface area contributed by atoms with Crippen molar-refractivity contribution in [1.82, 2.24) is 9.78 Å². The Morgan fingerprint density at radius 3 is 2.87 bits per heavy atom. The average molecular weight is 211 g/mol. The average Bonchev–Trinajstić information content (AvgIpc) is 2.87. The van der Waals surface area contributed by atoms with E-state index in [0.717, 1.165) is 12.8 Å². The van der Waals surface area contributed by atoms with Crippen molar-refractivity contribution in [3.05, 3.63) is 22.0 Å². The third-order valence-electron chi connectivity index (χ3n) is 3.07. The summed E-state index contributed by atoms with van der Waals surface area (Å²) in [4.78, 5) is 10.3. The summed E-state index contributed by atoms with van der Waals surface area (Å²) in [6.45, 7) is 0.0926. The number of aryl methyl sites for hydroxylation is 1. The maximum Gasteiger partial charge on any atom is 0.310 e. The van der Waals surface area contributed by atoms with Crippen molar-refractivity contribution < 1.29 is 10.0 Å². The van der Waals surface area contributed by atoms with E-state index >= 15 is 0 Å². The van der Waals surface area contributed by atoms with E-state index < -0.39 is 4.92 Å². The molecule has 6 heteroatoms. The van der Waals surface area contributed by atoms with Gasteiger partial charge >= 0.3 is 5.69 Å². The van der Waals surface area contributed by atoms with Crippen molar-refractivity contribution in [2.24, 2.45) is 12.5 Å². The molecule has 2 rings (SSSR count). The summed E-state index contributed by atoms with van der Waals surface area (Å²) >= 11 is 0. The standard InChI is InChI=1S/C9H13N3O3/c1-11-7(4-9(6-13)2-3-9)8(5-10-11)12(14)15/h5,13H,2-4,6H2,1H3. The van der Waals surface area contributed by atoms with Gasteiger partial charge in [-0.3, -0.25) is 14.8 Å². The van der Waals surface area contributed by atoms with Crippen molar-refractivity contribution in [3.63, 3.8) is 0 Å². The molecule has 1 N–H and O–H groups in total. The maximum atomic E-state index is 10.7. The van der Waals surface area contributed by atoms with Crippen LogP contribution in [0, 0.1) is 15.5 Å². The molecule has 0 spiro atoms. The second-order valence-corrected chi connectivity index (χ2v) is 4.19. The molecule has 15 heavy (non-hydrogen) atoms. The first-order chi connectivity index (χ1) is 7.08. The highest BCUT2D eigenvalue weighted by molar-refractivity contribution is 5.34. The Morgan fingerprint density at radius 2 is 2.40 bits per heavy atom. The molecule has 1 aliphatic rings. The van der Waals surface area contributed by atoms with E-state index in [4.69, 9.17) is 0 Å². The quantitative estimate of drug-likeness (QED) is 0.585. The number of aliphatic hydroxyl groups is 1. The zero-order valence-corrected chi connectivity index (χ0v) is 8.51. The highest BCUT2D eigenvalue weighted by Crippen LogP contribution is 2.48. The molecule has 0 aliphatic heterocycles. The lowest BCUT2D eigenvalue weighted by Crippen LogP contribution is -2.14. The highest BCUT2D eigenvalue weighted by Gasteiger charge is 2.44. The molecule has 0 bridgehead atoms. The second kappa shape index (κ2) is 3.30. The fraction of sp³-hybridized carbons (Fsp3) is 0.667. The summed E-state index contributed by atoms with van der Waals surface area (Å²) in [5.41, 5.74) is 0.530. The van der Waals surface area contributed by atoms with Crippen LogP contribution in [0.4, 0.5) is 5.69 Å². The third-order valence-corrected chi connectivity index (χ3v) is 3.07. The Kier molecular flexibility index (Phi) is 2.22. The molecule has 1 fully saturated rings. The molecule has 0 unspecified atom stereocenters. The van der Waals surface area contributed by atoms with Crippen LogP contribution in [-0.4, -0.2) is 26.4 Å². The van der Waals surface area contributed by atoms with Crippen LogP contribution in [0.25, 0.3) is 0 Å². The van der Waals surface area contributed by atoms with E-state index in [1.54, 1.807) is 7.05 Å². The molecule has 1 aliphatic carbocycles. The summed E-state index contributed by atoms with van der Waals surface area (Å²) < 4.78 is 1.52. The second-order valence-electron chi connectivity index (χ2n) is 4.19. The van der Waals surface area contributed by atoms with E-state index in [1.807, 2.05) is 0 Å². The molecule has 0 saturated heterocycles. The Hall–Kier alpha value is -1.43. The van der Waals surface area contributed by atoms with Gasteiger partial charge in [0.25, 0.3) is 0 Å². The number of nitrogens with zero attached hydrogens (tertiary/aromatic N) is 3. The first-order valence-electron chi connectivity index (χ1n) is 4.84. The summed E-state index contributed by atoms with van der Waals surface area (Å²) in [6, 6.07) is 0. The van der Waals surface area contributed by atoms with Gasteiger partial charge in [-0.25, -0.2) is 0 Å². The molecular weight excluding hydrogens is 198 g/mol. The van der Waals surface area contributed by atoms with Gasteiger partial charge < -0.3 is 5.11 Å². The van der Waals surface area contributed by atoms with E-state index in [9.17, 15) is 15.2 Å². The minimum Gasteiger partial charge on any atom is -0.396 e. The number of hydrogen-bond donors (Lipinski definition) is 1. The van der Waals surface area contributed by atoms with Gasteiger partial charge in [0, 0.05) is 20.1 Å². The first-order valence-corrected chi connectivity index (χ1v) is 4.84. The number of hydrogen-bond acceptors (Lipinski definition) is 4. The molecule has 0 amide bonds. The van der Waals surface area contributed by atoms with Crippen LogP contribution >= 0.6 is 0 Å². The Labute approximate surface area is 86.7 Å². The fourth-order valence-electron chi connectivity index (χ4n) is 1.73. The van der Waals surface area contributed by atoms with Gasteiger partial charge in [-0.2, -0.15) is 5.10 Å². The largest absolute Gasteiger partial charge is 0.396 e. The van der Waals surface area contributed by atoms with Crippen molar-refractivity contribution >= 4 is 5.69 Å². The minimum absolute atomic E-state index is 0.0530. The SMILES string of the molecule is Cn1ncc([N+](=O)[O-])c1CC1(CO)CC1. The van der Waals surface area contributed by atoms with E-state index in [2.05, 4.69) is 5.10 Å². The summed E-state index contributed by atoms with van der Waals surface area (Å²) in [7, 11) is 1.69. The van der Waals surface area contributed by atoms with Gasteiger partial charge in [-0.1, -0.05) is 0 Å². The number of rotatable bonds is 4. The molecule has 82 valence electrons. The number of aliphatic hydroxyl groups excluding tert-OH is 1. The van der Waals surface area contributed by atoms with Gasteiger partial charge in [0.15, 0.2) is 0 Å². The zero-order valence-electron chi connectivity index (χ0n) is 8.51. The van der Waals surface area contributed by atoms with E-state index in [0.29, 0.717) is 12.1 Å². The van der Waals surface area contributed by atoms with Gasteiger partial charge in [-0.15, -0.1) is 0 Å². The molecule has 6 nitrogen and oxygen atoms in total. The molecule has 1 heterocycles. The Bertz CT molecular complexity index is 395. The van der Waals surface area contributed by atoms with Crippen LogP contribution in [0.5, 0.6) is 0 Å². The van der Waals surface area contributed by atoms with Gasteiger partial charge in [0.05, 0.1) is 4.92 Å². The molecular formula is C9H13N3O3. The lowest BCUT2D eigenvalue weighted by molar-refractivity contribution is -0.385. The Balaban J connectivity index is 2.27. The Morgan fingerprint density at radius 1 is 1.73 bits per heavy atom. The van der Waals surface area contributed by atoms with E-state index in [1.165, 1.54) is 10.9 Å². The van der Waals surface area contributed by atoms with Crippen LogP contribution in [0.2, 0.25) is 0 Å². The lowest BCUT2D eigenvalue weighted by atomic mass is 10.0. The smallest absolute Gasteiger partial charge is 0.310 e. The van der Waals surface area contributed by atoms with Crippen molar-refractivity contribution in [2.75, 3.05) is 6.61 Å². The first kappa shape index (κ1) is 10.1. The molecule has 0 atom stereocenters. The third kappa shape index (κ3) is 1.72. The van der Waals surface area contributed by atoms with Gasteiger partial charge in [0.1, 0.15) is 11.9 Å². The highest BCUT2D eigenvalue weighted by atomic mass is 16.6. The van der Waals surface area contributed by atoms with Gasteiger partial charge in [-0.05, 0) is 18.3 Å². The normalized spacial score (nSPS) is 17.7. The summed E-state index contributed by atoms with van der Waals surface area (Å²) in [6.07, 6.45) is 3.68. The predicted molar refractivity (Wildman–Crippen MR) is 52.3 cm³/mol. The fourth-order valence-corrected chi connectivity index (χ4v) is 1.73. The van der Waals surface area contributed by atoms with Crippen LogP contribution in [0.1, 0.15) is 18.5 Å². The number of nitro groups is 1. The lowest BCUT2D eigenvalue weighted by Gasteiger charge is -2.10. The molecule has 1 aromatic rings. The molecule has 0 radical (unpaired) electrons. The van der Waals surface area contributed by atoms with Crippen LogP contribution in [-0.2, 0) is 13.5 Å². The van der Waals surface area contributed by atoms with Crippen molar-refractivity contribution in [1.29, 1.82) is 0 Å². The van der Waals surface area contributed by atoms with E-state index in [-0.39, 0.29) is 17.7 Å². The van der Waals surface area contributed by atoms with Crippen LogP contribution in [0.15, 0.2) is 6.20 Å². The number of aromatic nitrogens is 2. The maximum absolute atomic E-state index is 10.7. The molecule has 1 saturated carbocycles. The van der Waals surface area contributed by atoms with Crippen LogP contribution in [0.3, 0.4) is 0 Å². The zero-order chi connectivity index (χ0) is 11.1. The predicted octanol–water partition coefficient (Wildman–Crippen LogP) is 0.643. The minimum atomic E-state index is -0.421. The summed E-state index contributed by atoms with van der Waals surface area (Å²) in [5, 5.41) is 23.8. The molecule has 0 aromatic carbocycles. The van der Waals surface area contributed by atoms with Crippen LogP contribution < -0.4 is 0 Å². The molecule has 1 aromatic heterocycles. The van der Waals surface area contributed by atoms with Gasteiger partial charge in [0.2, 0.25) is 0 Å². The van der Waals surface area contributed by atoms with Crippen molar-refractivity contribution in [3.8, 4) is 0 Å². The van der Waals surface area contributed by atoms with Crippen molar-refractivity contribution in [2.45, 2.75) is 19.3 Å². The monoisotopic (exact) mass is 211 g/mol.